The van der Waals surface area contributed by atoms with Gasteiger partial charge in [-0.05, 0) is 11.8 Å². The summed E-state index contributed by atoms with van der Waals surface area (Å²) in [6.07, 6.45) is -4.02. The van der Waals surface area contributed by atoms with Gasteiger partial charge in [0.05, 0.1) is 0 Å². The molecule has 0 spiro atoms. The Morgan fingerprint density at radius 1 is 1.18 bits per heavy atom. The second-order valence-electron chi connectivity index (χ2n) is 3.23. The Morgan fingerprint density at radius 3 is 1.73 bits per heavy atom. The molecule has 0 aromatic carbocycles. The molecule has 0 saturated carbocycles. The molecule has 0 radical (unpaired) electrons. The third kappa shape index (κ3) is 5.10. The highest BCUT2D eigenvalue weighted by Crippen LogP contribution is 2.30. The van der Waals surface area contributed by atoms with Crippen LogP contribution >= 0.6 is 0 Å². The summed E-state index contributed by atoms with van der Waals surface area (Å²) >= 11 is 0. The van der Waals surface area contributed by atoms with Gasteiger partial charge in [0.25, 0.3) is 0 Å². The molecule has 0 nitrogen and oxygen atoms in total. The van der Waals surface area contributed by atoms with Crippen LogP contribution in [0.3, 0.4) is 0 Å². The quantitative estimate of drug-likeness (QED) is 0.603. The van der Waals surface area contributed by atoms with Gasteiger partial charge in [0.15, 0.2) is 0 Å². The molecule has 1 atom stereocenters. The van der Waals surface area contributed by atoms with Crippen LogP contribution in [0.5, 0.6) is 0 Å². The van der Waals surface area contributed by atoms with Crippen molar-refractivity contribution < 1.29 is 13.2 Å². The van der Waals surface area contributed by atoms with Crippen molar-refractivity contribution in [2.75, 3.05) is 0 Å². The van der Waals surface area contributed by atoms with Crippen molar-refractivity contribution in [1.82, 2.24) is 0 Å². The van der Waals surface area contributed by atoms with Crippen LogP contribution in [0.2, 0.25) is 0 Å². The Balaban J connectivity index is 3.88. The highest BCUT2D eigenvalue weighted by Gasteiger charge is 2.32. The van der Waals surface area contributed by atoms with Gasteiger partial charge >= 0.3 is 6.18 Å². The maximum atomic E-state index is 11.9. The third-order valence-corrected chi connectivity index (χ3v) is 1.96. The van der Waals surface area contributed by atoms with Crippen LogP contribution in [0.15, 0.2) is 0 Å². The summed E-state index contributed by atoms with van der Waals surface area (Å²) in [5, 5.41) is 0. The molecule has 0 rings (SSSR count). The van der Waals surface area contributed by atoms with Crippen molar-refractivity contribution >= 4 is 0 Å². The average molecular weight is 168 g/mol. The number of halogens is 3. The van der Waals surface area contributed by atoms with Crippen LogP contribution in [0.1, 0.15) is 33.6 Å². The first kappa shape index (κ1) is 10.8. The minimum atomic E-state index is -4.00. The lowest BCUT2D eigenvalue weighted by Gasteiger charge is -2.20. The van der Waals surface area contributed by atoms with E-state index in [4.69, 9.17) is 0 Å². The molecule has 0 aromatic rings. The first-order chi connectivity index (χ1) is 4.87. The predicted octanol–water partition coefficient (Wildman–Crippen LogP) is 3.62. The fraction of sp³-hybridized carbons (Fsp3) is 1.00. The van der Waals surface area contributed by atoms with Crippen molar-refractivity contribution in [2.24, 2.45) is 11.8 Å². The fourth-order valence-electron chi connectivity index (χ4n) is 1.15. The molecule has 0 fully saturated rings. The van der Waals surface area contributed by atoms with E-state index in [1.165, 1.54) is 0 Å². The van der Waals surface area contributed by atoms with Crippen molar-refractivity contribution in [3.05, 3.63) is 0 Å². The van der Waals surface area contributed by atoms with Gasteiger partial charge in [-0.2, -0.15) is 13.2 Å². The Kier molecular flexibility index (Phi) is 3.90. The topological polar surface area (TPSA) is 0 Å². The molecular weight excluding hydrogens is 153 g/mol. The van der Waals surface area contributed by atoms with Crippen LogP contribution < -0.4 is 0 Å². The molecule has 0 saturated heterocycles. The van der Waals surface area contributed by atoms with E-state index in [2.05, 4.69) is 0 Å². The predicted molar refractivity (Wildman–Crippen MR) is 39.3 cm³/mol. The van der Waals surface area contributed by atoms with Gasteiger partial charge in [0.1, 0.15) is 0 Å². The molecule has 0 unspecified atom stereocenters. The summed E-state index contributed by atoms with van der Waals surface area (Å²) < 4.78 is 35.6. The van der Waals surface area contributed by atoms with E-state index in [9.17, 15) is 13.2 Å². The van der Waals surface area contributed by atoms with Crippen LogP contribution in [0, 0.1) is 11.8 Å². The minimum Gasteiger partial charge on any atom is -0.171 e. The summed E-state index contributed by atoms with van der Waals surface area (Å²) in [5.74, 6) is -0.0865. The average Bonchev–Trinajstić information content (AvgIpc) is 1.80. The summed E-state index contributed by atoms with van der Waals surface area (Å²) in [5.41, 5.74) is 0. The monoisotopic (exact) mass is 168 g/mol. The smallest absolute Gasteiger partial charge is 0.171 e. The van der Waals surface area contributed by atoms with E-state index in [0.717, 1.165) is 0 Å². The molecule has 0 N–H and O–H groups in total. The first-order valence-corrected chi connectivity index (χ1v) is 3.93. The molecule has 3 heteroatoms. The van der Waals surface area contributed by atoms with Crippen LogP contribution in [-0.4, -0.2) is 6.18 Å². The van der Waals surface area contributed by atoms with Crippen molar-refractivity contribution in [3.63, 3.8) is 0 Å². The maximum Gasteiger partial charge on any atom is 0.389 e. The van der Waals surface area contributed by atoms with Gasteiger partial charge in [-0.25, -0.2) is 0 Å². The summed E-state index contributed by atoms with van der Waals surface area (Å²) in [7, 11) is 0. The molecule has 11 heavy (non-hydrogen) atoms. The van der Waals surface area contributed by atoms with Gasteiger partial charge in [-0.3, -0.25) is 0 Å². The lowest BCUT2D eigenvalue weighted by Crippen LogP contribution is -2.18. The molecule has 0 amide bonds. The summed E-state index contributed by atoms with van der Waals surface area (Å²) in [6, 6.07) is 0. The van der Waals surface area contributed by atoms with Crippen LogP contribution in [0.25, 0.3) is 0 Å². The first-order valence-electron chi connectivity index (χ1n) is 3.93. The lowest BCUT2D eigenvalue weighted by atomic mass is 9.90. The maximum absolute atomic E-state index is 11.9. The zero-order valence-electron chi connectivity index (χ0n) is 7.20. The van der Waals surface area contributed by atoms with E-state index in [1.807, 2.05) is 13.8 Å². The molecule has 0 aliphatic heterocycles. The zero-order chi connectivity index (χ0) is 9.07. The fourth-order valence-corrected chi connectivity index (χ4v) is 1.15. The Hall–Kier alpha value is -0.210. The van der Waals surface area contributed by atoms with Crippen LogP contribution in [-0.2, 0) is 0 Å². The van der Waals surface area contributed by atoms with E-state index < -0.39 is 12.6 Å². The normalized spacial score (nSPS) is 15.5. The molecule has 0 aromatic heterocycles. The minimum absolute atomic E-state index is 0.127. The molecule has 0 aliphatic carbocycles. The standard InChI is InChI=1S/C8H15F3/c1-4-7(6(2)3)5-8(9,10)11/h6-7H,4-5H2,1-3H3/t7-/m0/s1. The van der Waals surface area contributed by atoms with Crippen molar-refractivity contribution in [3.8, 4) is 0 Å². The van der Waals surface area contributed by atoms with Crippen molar-refractivity contribution in [2.45, 2.75) is 39.8 Å². The van der Waals surface area contributed by atoms with E-state index in [1.54, 1.807) is 6.92 Å². The van der Waals surface area contributed by atoms with Crippen molar-refractivity contribution in [1.29, 1.82) is 0 Å². The molecule has 0 heterocycles. The van der Waals surface area contributed by atoms with E-state index >= 15 is 0 Å². The second kappa shape index (κ2) is 3.98. The van der Waals surface area contributed by atoms with Gasteiger partial charge in [0.2, 0.25) is 0 Å². The highest BCUT2D eigenvalue weighted by molar-refractivity contribution is 4.65. The Morgan fingerprint density at radius 2 is 1.64 bits per heavy atom. The van der Waals surface area contributed by atoms with Gasteiger partial charge in [-0.1, -0.05) is 27.2 Å². The third-order valence-electron chi connectivity index (χ3n) is 1.96. The molecule has 68 valence electrons. The second-order valence-corrected chi connectivity index (χ2v) is 3.23. The zero-order valence-corrected chi connectivity index (χ0v) is 7.20. The number of rotatable bonds is 3. The largest absolute Gasteiger partial charge is 0.389 e. The highest BCUT2D eigenvalue weighted by atomic mass is 19.4. The lowest BCUT2D eigenvalue weighted by molar-refractivity contribution is -0.147. The molecule has 0 aliphatic rings. The molecular formula is C8H15F3. The van der Waals surface area contributed by atoms with Crippen LogP contribution in [0.4, 0.5) is 13.2 Å². The SMILES string of the molecule is CC[C@@H](CC(F)(F)F)C(C)C. The summed E-state index contributed by atoms with van der Waals surface area (Å²) in [4.78, 5) is 0. The van der Waals surface area contributed by atoms with Gasteiger partial charge in [-0.15, -0.1) is 0 Å². The van der Waals surface area contributed by atoms with Gasteiger partial charge in [0, 0.05) is 6.42 Å². The number of hydrogen-bond donors (Lipinski definition) is 0. The molecule has 0 bridgehead atoms. The Labute approximate surface area is 65.8 Å². The Bertz CT molecular complexity index is 104. The number of alkyl halides is 3. The van der Waals surface area contributed by atoms with E-state index in [-0.39, 0.29) is 11.8 Å². The van der Waals surface area contributed by atoms with Gasteiger partial charge < -0.3 is 0 Å². The number of hydrogen-bond acceptors (Lipinski definition) is 0. The van der Waals surface area contributed by atoms with E-state index in [0.29, 0.717) is 6.42 Å². The summed E-state index contributed by atoms with van der Waals surface area (Å²) in [6.45, 7) is 5.47.